The summed E-state index contributed by atoms with van der Waals surface area (Å²) in [5, 5.41) is 9.18. The number of carbonyl (C=O) groups excluding carboxylic acids is 1. The molecule has 0 saturated heterocycles. The largest absolute Gasteiger partial charge is 0.508 e. The standard InChI is InChI=1S/C13H20N2O2/c1-2-3-9-15(10-8-14)13(17)11-4-6-12(16)7-5-11/h4-7,16H,2-3,8-10,14H2,1H3. The quantitative estimate of drug-likeness (QED) is 0.788. The summed E-state index contributed by atoms with van der Waals surface area (Å²) < 4.78 is 0. The number of unbranched alkanes of at least 4 members (excludes halogenated alkanes) is 1. The van der Waals surface area contributed by atoms with Gasteiger partial charge in [-0.15, -0.1) is 0 Å². The van der Waals surface area contributed by atoms with Gasteiger partial charge in [-0.2, -0.15) is 0 Å². The van der Waals surface area contributed by atoms with Gasteiger partial charge in [0.05, 0.1) is 0 Å². The van der Waals surface area contributed by atoms with Crippen LogP contribution in [0.25, 0.3) is 0 Å². The van der Waals surface area contributed by atoms with Crippen LogP contribution < -0.4 is 5.73 Å². The van der Waals surface area contributed by atoms with Gasteiger partial charge in [0.2, 0.25) is 0 Å². The van der Waals surface area contributed by atoms with Crippen LogP contribution >= 0.6 is 0 Å². The predicted octanol–water partition coefficient (Wildman–Crippen LogP) is 1.59. The molecule has 0 saturated carbocycles. The lowest BCUT2D eigenvalue weighted by molar-refractivity contribution is 0.0758. The maximum Gasteiger partial charge on any atom is 0.253 e. The number of hydrogen-bond acceptors (Lipinski definition) is 3. The third kappa shape index (κ3) is 4.07. The Morgan fingerprint density at radius 2 is 1.94 bits per heavy atom. The smallest absolute Gasteiger partial charge is 0.253 e. The summed E-state index contributed by atoms with van der Waals surface area (Å²) in [5.41, 5.74) is 6.10. The summed E-state index contributed by atoms with van der Waals surface area (Å²) in [6, 6.07) is 6.31. The van der Waals surface area contributed by atoms with Gasteiger partial charge < -0.3 is 15.7 Å². The molecule has 0 aliphatic rings. The van der Waals surface area contributed by atoms with Gasteiger partial charge in [0.1, 0.15) is 5.75 Å². The highest BCUT2D eigenvalue weighted by Gasteiger charge is 2.14. The molecule has 3 N–H and O–H groups in total. The second-order valence-electron chi connectivity index (χ2n) is 3.98. The van der Waals surface area contributed by atoms with Crippen molar-refractivity contribution in [2.45, 2.75) is 19.8 Å². The van der Waals surface area contributed by atoms with Crippen molar-refractivity contribution in [2.75, 3.05) is 19.6 Å². The summed E-state index contributed by atoms with van der Waals surface area (Å²) in [6.07, 6.45) is 2.02. The van der Waals surface area contributed by atoms with Crippen molar-refractivity contribution in [3.63, 3.8) is 0 Å². The Morgan fingerprint density at radius 3 is 2.47 bits per heavy atom. The Morgan fingerprint density at radius 1 is 1.29 bits per heavy atom. The van der Waals surface area contributed by atoms with Crippen LogP contribution in [0, 0.1) is 0 Å². The summed E-state index contributed by atoms with van der Waals surface area (Å²) in [4.78, 5) is 13.9. The number of benzene rings is 1. The van der Waals surface area contributed by atoms with E-state index >= 15 is 0 Å². The van der Waals surface area contributed by atoms with Crippen molar-refractivity contribution in [2.24, 2.45) is 5.73 Å². The summed E-state index contributed by atoms with van der Waals surface area (Å²) in [6.45, 7) is 3.85. The fourth-order valence-electron chi connectivity index (χ4n) is 1.61. The minimum absolute atomic E-state index is 0.0242. The number of hydrogen-bond donors (Lipinski definition) is 2. The average Bonchev–Trinajstić information content (AvgIpc) is 2.34. The molecule has 0 spiro atoms. The van der Waals surface area contributed by atoms with Gasteiger partial charge >= 0.3 is 0 Å². The van der Waals surface area contributed by atoms with Crippen molar-refractivity contribution in [1.82, 2.24) is 4.90 Å². The van der Waals surface area contributed by atoms with Crippen LogP contribution in [0.2, 0.25) is 0 Å². The molecule has 0 bridgehead atoms. The lowest BCUT2D eigenvalue weighted by Crippen LogP contribution is -2.36. The van der Waals surface area contributed by atoms with E-state index in [9.17, 15) is 9.90 Å². The topological polar surface area (TPSA) is 66.6 Å². The molecule has 1 amide bonds. The van der Waals surface area contributed by atoms with E-state index in [1.54, 1.807) is 17.0 Å². The minimum Gasteiger partial charge on any atom is -0.508 e. The Balaban J connectivity index is 2.72. The van der Waals surface area contributed by atoms with Crippen LogP contribution in [0.15, 0.2) is 24.3 Å². The molecule has 0 radical (unpaired) electrons. The first-order valence-electron chi connectivity index (χ1n) is 5.97. The van der Waals surface area contributed by atoms with E-state index in [-0.39, 0.29) is 11.7 Å². The molecule has 4 heteroatoms. The Kier molecular flexibility index (Phi) is 5.49. The monoisotopic (exact) mass is 236 g/mol. The van der Waals surface area contributed by atoms with Gasteiger partial charge in [-0.25, -0.2) is 0 Å². The summed E-state index contributed by atoms with van der Waals surface area (Å²) >= 11 is 0. The molecule has 0 unspecified atom stereocenters. The molecule has 0 atom stereocenters. The Labute approximate surface area is 102 Å². The van der Waals surface area contributed by atoms with Crippen molar-refractivity contribution < 1.29 is 9.90 Å². The number of aromatic hydroxyl groups is 1. The van der Waals surface area contributed by atoms with Gasteiger partial charge in [-0.3, -0.25) is 4.79 Å². The van der Waals surface area contributed by atoms with Crippen molar-refractivity contribution in [1.29, 1.82) is 0 Å². The van der Waals surface area contributed by atoms with E-state index in [0.717, 1.165) is 19.4 Å². The zero-order chi connectivity index (χ0) is 12.7. The molecule has 1 aromatic rings. The second kappa shape index (κ2) is 6.91. The molecule has 0 aliphatic heterocycles. The van der Waals surface area contributed by atoms with E-state index in [0.29, 0.717) is 18.7 Å². The first kappa shape index (κ1) is 13.5. The molecule has 0 aromatic heterocycles. The van der Waals surface area contributed by atoms with Crippen LogP contribution in [-0.4, -0.2) is 35.5 Å². The molecule has 94 valence electrons. The predicted molar refractivity (Wildman–Crippen MR) is 68.0 cm³/mol. The average molecular weight is 236 g/mol. The van der Waals surface area contributed by atoms with Gasteiger partial charge in [0.15, 0.2) is 0 Å². The number of phenolic OH excluding ortho intramolecular Hbond substituents is 1. The third-order valence-corrected chi connectivity index (χ3v) is 2.58. The van der Waals surface area contributed by atoms with Gasteiger partial charge in [-0.05, 0) is 30.7 Å². The fraction of sp³-hybridized carbons (Fsp3) is 0.462. The molecule has 0 aliphatic carbocycles. The third-order valence-electron chi connectivity index (χ3n) is 2.58. The van der Waals surface area contributed by atoms with Crippen LogP contribution in [0.1, 0.15) is 30.1 Å². The molecule has 1 rings (SSSR count). The number of nitrogens with two attached hydrogens (primary N) is 1. The van der Waals surface area contributed by atoms with Crippen molar-refractivity contribution in [3.05, 3.63) is 29.8 Å². The fourth-order valence-corrected chi connectivity index (χ4v) is 1.61. The van der Waals surface area contributed by atoms with Crippen LogP contribution in [0.4, 0.5) is 0 Å². The van der Waals surface area contributed by atoms with Crippen molar-refractivity contribution >= 4 is 5.91 Å². The molecular formula is C13H20N2O2. The summed E-state index contributed by atoms with van der Waals surface area (Å²) in [7, 11) is 0. The van der Waals surface area contributed by atoms with E-state index in [4.69, 9.17) is 5.73 Å². The number of nitrogens with zero attached hydrogens (tertiary/aromatic N) is 1. The maximum atomic E-state index is 12.1. The normalized spacial score (nSPS) is 10.2. The van der Waals surface area contributed by atoms with Crippen LogP contribution in [0.3, 0.4) is 0 Å². The highest BCUT2D eigenvalue weighted by molar-refractivity contribution is 5.94. The lowest BCUT2D eigenvalue weighted by Gasteiger charge is -2.21. The minimum atomic E-state index is -0.0242. The number of amides is 1. The number of carbonyl (C=O) groups is 1. The van der Waals surface area contributed by atoms with Crippen LogP contribution in [-0.2, 0) is 0 Å². The first-order valence-corrected chi connectivity index (χ1v) is 5.97. The van der Waals surface area contributed by atoms with E-state index in [1.165, 1.54) is 12.1 Å². The van der Waals surface area contributed by atoms with E-state index < -0.39 is 0 Å². The van der Waals surface area contributed by atoms with E-state index in [1.807, 2.05) is 0 Å². The van der Waals surface area contributed by atoms with Gasteiger partial charge in [-0.1, -0.05) is 13.3 Å². The Hall–Kier alpha value is -1.55. The number of phenols is 1. The maximum absolute atomic E-state index is 12.1. The number of rotatable bonds is 6. The van der Waals surface area contributed by atoms with Gasteiger partial charge in [0, 0.05) is 25.2 Å². The van der Waals surface area contributed by atoms with E-state index in [2.05, 4.69) is 6.92 Å². The van der Waals surface area contributed by atoms with Gasteiger partial charge in [0.25, 0.3) is 5.91 Å². The Bertz CT molecular complexity index is 349. The molecular weight excluding hydrogens is 216 g/mol. The molecule has 0 fully saturated rings. The molecule has 4 nitrogen and oxygen atoms in total. The first-order chi connectivity index (χ1) is 8.19. The van der Waals surface area contributed by atoms with Crippen molar-refractivity contribution in [3.8, 4) is 5.75 Å². The van der Waals surface area contributed by atoms with Crippen LogP contribution in [0.5, 0.6) is 5.75 Å². The zero-order valence-corrected chi connectivity index (χ0v) is 10.2. The molecule has 0 heterocycles. The second-order valence-corrected chi connectivity index (χ2v) is 3.98. The highest BCUT2D eigenvalue weighted by Crippen LogP contribution is 2.12. The summed E-state index contributed by atoms with van der Waals surface area (Å²) in [5.74, 6) is 0.143. The highest BCUT2D eigenvalue weighted by atomic mass is 16.3. The zero-order valence-electron chi connectivity index (χ0n) is 10.2. The SMILES string of the molecule is CCCCN(CCN)C(=O)c1ccc(O)cc1. The molecule has 17 heavy (non-hydrogen) atoms. The molecule has 1 aromatic carbocycles. The lowest BCUT2D eigenvalue weighted by atomic mass is 10.2.